The third-order valence-corrected chi connectivity index (χ3v) is 3.88. The van der Waals surface area contributed by atoms with Crippen molar-refractivity contribution in [2.24, 2.45) is 5.92 Å². The van der Waals surface area contributed by atoms with Crippen LogP contribution in [0.1, 0.15) is 44.9 Å². The molecule has 0 aromatic heterocycles. The maximum absolute atomic E-state index is 11.9. The number of nitrogens with one attached hydrogen (secondary N) is 2. The summed E-state index contributed by atoms with van der Waals surface area (Å²) in [7, 11) is 0. The lowest BCUT2D eigenvalue weighted by atomic mass is 9.88. The number of hydrogen-bond acceptors (Lipinski definition) is 2. The SMILES string of the molecule is O=C(NCCC1=CCNCC1)C1CCCCC1. The Kier molecular flexibility index (Phi) is 5.05. The number of hydrogen-bond donors (Lipinski definition) is 2. The van der Waals surface area contributed by atoms with Gasteiger partial charge in [0.05, 0.1) is 0 Å². The van der Waals surface area contributed by atoms with Crippen molar-refractivity contribution in [2.75, 3.05) is 19.6 Å². The largest absolute Gasteiger partial charge is 0.356 e. The van der Waals surface area contributed by atoms with Gasteiger partial charge in [0, 0.05) is 19.0 Å². The van der Waals surface area contributed by atoms with Crippen LogP contribution in [-0.2, 0) is 4.79 Å². The average Bonchev–Trinajstić information content (AvgIpc) is 2.41. The van der Waals surface area contributed by atoms with Gasteiger partial charge in [-0.1, -0.05) is 30.9 Å². The highest BCUT2D eigenvalue weighted by atomic mass is 16.1. The van der Waals surface area contributed by atoms with Crippen molar-refractivity contribution in [3.8, 4) is 0 Å². The van der Waals surface area contributed by atoms with Crippen molar-refractivity contribution in [1.82, 2.24) is 10.6 Å². The molecule has 0 radical (unpaired) electrons. The summed E-state index contributed by atoms with van der Waals surface area (Å²) in [5, 5.41) is 6.40. The van der Waals surface area contributed by atoms with Gasteiger partial charge in [0.2, 0.25) is 5.91 Å². The molecule has 17 heavy (non-hydrogen) atoms. The molecule has 1 amide bonds. The highest BCUT2D eigenvalue weighted by Crippen LogP contribution is 2.23. The second-order valence-electron chi connectivity index (χ2n) is 5.19. The van der Waals surface area contributed by atoms with Crippen molar-refractivity contribution >= 4 is 5.91 Å². The average molecular weight is 236 g/mol. The molecular weight excluding hydrogens is 212 g/mol. The molecule has 1 saturated carbocycles. The van der Waals surface area contributed by atoms with E-state index in [1.54, 1.807) is 0 Å². The Morgan fingerprint density at radius 3 is 2.88 bits per heavy atom. The smallest absolute Gasteiger partial charge is 0.223 e. The Labute approximate surface area is 104 Å². The summed E-state index contributed by atoms with van der Waals surface area (Å²) in [5.41, 5.74) is 1.49. The van der Waals surface area contributed by atoms with Gasteiger partial charge in [-0.15, -0.1) is 0 Å². The maximum Gasteiger partial charge on any atom is 0.223 e. The zero-order valence-corrected chi connectivity index (χ0v) is 10.6. The van der Waals surface area contributed by atoms with Crippen LogP contribution in [0, 0.1) is 5.92 Å². The summed E-state index contributed by atoms with van der Waals surface area (Å²) in [6.07, 6.45) is 10.4. The van der Waals surface area contributed by atoms with E-state index >= 15 is 0 Å². The second kappa shape index (κ2) is 6.80. The van der Waals surface area contributed by atoms with Crippen LogP contribution in [0.15, 0.2) is 11.6 Å². The van der Waals surface area contributed by atoms with Crippen molar-refractivity contribution in [1.29, 1.82) is 0 Å². The van der Waals surface area contributed by atoms with Gasteiger partial charge in [0.15, 0.2) is 0 Å². The first kappa shape index (κ1) is 12.6. The first-order valence-electron chi connectivity index (χ1n) is 7.02. The summed E-state index contributed by atoms with van der Waals surface area (Å²) in [4.78, 5) is 11.9. The van der Waals surface area contributed by atoms with E-state index in [9.17, 15) is 4.79 Å². The van der Waals surface area contributed by atoms with Crippen LogP contribution in [0.3, 0.4) is 0 Å². The normalized spacial score (nSPS) is 22.0. The predicted octanol–water partition coefficient (Wildman–Crippen LogP) is 1.99. The van der Waals surface area contributed by atoms with Gasteiger partial charge >= 0.3 is 0 Å². The van der Waals surface area contributed by atoms with E-state index in [-0.39, 0.29) is 0 Å². The molecule has 0 saturated heterocycles. The molecule has 0 aromatic carbocycles. The minimum absolute atomic E-state index is 0.291. The van der Waals surface area contributed by atoms with Crippen LogP contribution in [-0.4, -0.2) is 25.5 Å². The molecule has 0 aromatic rings. The first-order chi connectivity index (χ1) is 8.36. The highest BCUT2D eigenvalue weighted by Gasteiger charge is 2.20. The fraction of sp³-hybridized carbons (Fsp3) is 0.786. The molecule has 0 bridgehead atoms. The molecule has 0 spiro atoms. The molecule has 2 N–H and O–H groups in total. The van der Waals surface area contributed by atoms with Crippen LogP contribution in [0.2, 0.25) is 0 Å². The molecule has 1 fully saturated rings. The molecule has 3 nitrogen and oxygen atoms in total. The van der Waals surface area contributed by atoms with Crippen LogP contribution in [0.4, 0.5) is 0 Å². The molecule has 3 heteroatoms. The third-order valence-electron chi connectivity index (χ3n) is 3.88. The summed E-state index contributed by atoms with van der Waals surface area (Å²) in [5.74, 6) is 0.588. The summed E-state index contributed by atoms with van der Waals surface area (Å²) in [6.45, 7) is 2.90. The molecule has 1 heterocycles. The van der Waals surface area contributed by atoms with Crippen LogP contribution in [0.25, 0.3) is 0 Å². The molecule has 96 valence electrons. The second-order valence-corrected chi connectivity index (χ2v) is 5.19. The van der Waals surface area contributed by atoms with Crippen molar-refractivity contribution in [2.45, 2.75) is 44.9 Å². The number of amides is 1. The van der Waals surface area contributed by atoms with Gasteiger partial charge in [-0.3, -0.25) is 4.79 Å². The lowest BCUT2D eigenvalue weighted by molar-refractivity contribution is -0.125. The zero-order valence-electron chi connectivity index (χ0n) is 10.6. The minimum atomic E-state index is 0.291. The van der Waals surface area contributed by atoms with Crippen molar-refractivity contribution in [3.05, 3.63) is 11.6 Å². The molecule has 2 aliphatic rings. The lowest BCUT2D eigenvalue weighted by Crippen LogP contribution is -2.33. The minimum Gasteiger partial charge on any atom is -0.356 e. The Balaban J connectivity index is 1.63. The van der Waals surface area contributed by atoms with E-state index in [2.05, 4.69) is 16.7 Å². The topological polar surface area (TPSA) is 41.1 Å². The van der Waals surface area contributed by atoms with E-state index in [4.69, 9.17) is 0 Å². The van der Waals surface area contributed by atoms with E-state index < -0.39 is 0 Å². The molecule has 1 aliphatic heterocycles. The van der Waals surface area contributed by atoms with Gasteiger partial charge in [0.1, 0.15) is 0 Å². The van der Waals surface area contributed by atoms with Crippen LogP contribution < -0.4 is 10.6 Å². The quantitative estimate of drug-likeness (QED) is 0.733. The number of rotatable bonds is 4. The van der Waals surface area contributed by atoms with Gasteiger partial charge < -0.3 is 10.6 Å². The standard InChI is InChI=1S/C14H24N2O/c17-14(13-4-2-1-3-5-13)16-11-8-12-6-9-15-10-7-12/h6,13,15H,1-5,7-11H2,(H,16,17). The fourth-order valence-corrected chi connectivity index (χ4v) is 2.75. The van der Waals surface area contributed by atoms with E-state index in [0.717, 1.165) is 45.3 Å². The summed E-state index contributed by atoms with van der Waals surface area (Å²) < 4.78 is 0. The Bertz CT molecular complexity index is 280. The lowest BCUT2D eigenvalue weighted by Gasteiger charge is -2.21. The third kappa shape index (κ3) is 4.15. The molecule has 2 rings (SSSR count). The molecular formula is C14H24N2O. The van der Waals surface area contributed by atoms with Gasteiger partial charge in [-0.25, -0.2) is 0 Å². The van der Waals surface area contributed by atoms with Crippen LogP contribution >= 0.6 is 0 Å². The Morgan fingerprint density at radius 2 is 2.18 bits per heavy atom. The number of carbonyl (C=O) groups is 1. The van der Waals surface area contributed by atoms with Gasteiger partial charge in [-0.2, -0.15) is 0 Å². The molecule has 1 aliphatic carbocycles. The summed E-state index contributed by atoms with van der Waals surface area (Å²) in [6, 6.07) is 0. The Hall–Kier alpha value is -0.830. The fourth-order valence-electron chi connectivity index (χ4n) is 2.75. The summed E-state index contributed by atoms with van der Waals surface area (Å²) >= 11 is 0. The monoisotopic (exact) mass is 236 g/mol. The highest BCUT2D eigenvalue weighted by molar-refractivity contribution is 5.78. The van der Waals surface area contributed by atoms with Gasteiger partial charge in [-0.05, 0) is 32.2 Å². The maximum atomic E-state index is 11.9. The van der Waals surface area contributed by atoms with Gasteiger partial charge in [0.25, 0.3) is 0 Å². The van der Waals surface area contributed by atoms with Crippen molar-refractivity contribution in [3.63, 3.8) is 0 Å². The van der Waals surface area contributed by atoms with E-state index in [1.165, 1.54) is 24.8 Å². The van der Waals surface area contributed by atoms with E-state index in [0.29, 0.717) is 11.8 Å². The van der Waals surface area contributed by atoms with E-state index in [1.807, 2.05) is 0 Å². The molecule has 0 unspecified atom stereocenters. The predicted molar refractivity (Wildman–Crippen MR) is 69.8 cm³/mol. The zero-order chi connectivity index (χ0) is 11.9. The van der Waals surface area contributed by atoms with Crippen LogP contribution in [0.5, 0.6) is 0 Å². The molecule has 0 atom stereocenters. The number of carbonyl (C=O) groups excluding carboxylic acids is 1. The van der Waals surface area contributed by atoms with Crippen molar-refractivity contribution < 1.29 is 4.79 Å². The first-order valence-corrected chi connectivity index (χ1v) is 7.02. The Morgan fingerprint density at radius 1 is 1.35 bits per heavy atom.